The Hall–Kier alpha value is -0.960. The van der Waals surface area contributed by atoms with Crippen LogP contribution < -0.4 is 5.32 Å². The van der Waals surface area contributed by atoms with Gasteiger partial charge in [0.2, 0.25) is 0 Å². The predicted molar refractivity (Wildman–Crippen MR) is 69.5 cm³/mol. The molecule has 1 aliphatic rings. The second-order valence-electron chi connectivity index (χ2n) is 5.19. The van der Waals surface area contributed by atoms with E-state index in [1.54, 1.807) is 0 Å². The van der Waals surface area contributed by atoms with Crippen LogP contribution in [0, 0.1) is 17.6 Å². The Morgan fingerprint density at radius 2 is 2.11 bits per heavy atom. The monoisotopic (exact) mass is 253 g/mol. The van der Waals surface area contributed by atoms with E-state index in [0.717, 1.165) is 25.8 Å². The first-order valence-corrected chi connectivity index (χ1v) is 6.88. The maximum atomic E-state index is 13.6. The lowest BCUT2D eigenvalue weighted by molar-refractivity contribution is 0.393. The number of nitrogens with one attached hydrogen (secondary N) is 1. The molecular formula is C15H21F2N. The van der Waals surface area contributed by atoms with Crippen molar-refractivity contribution in [2.45, 2.75) is 45.1 Å². The van der Waals surface area contributed by atoms with Crippen molar-refractivity contribution in [2.24, 2.45) is 5.92 Å². The Kier molecular flexibility index (Phi) is 4.70. The summed E-state index contributed by atoms with van der Waals surface area (Å²) < 4.78 is 26.8. The van der Waals surface area contributed by atoms with Crippen LogP contribution in [0.1, 0.15) is 38.2 Å². The SMILES string of the molecule is CCCNC1CCCC1Cc1cc(F)ccc1F. The Morgan fingerprint density at radius 3 is 2.89 bits per heavy atom. The second-order valence-corrected chi connectivity index (χ2v) is 5.19. The van der Waals surface area contributed by atoms with Gasteiger partial charge in [-0.1, -0.05) is 13.3 Å². The molecule has 1 aromatic rings. The number of hydrogen-bond donors (Lipinski definition) is 1. The van der Waals surface area contributed by atoms with E-state index in [1.807, 2.05) is 0 Å². The molecule has 2 rings (SSSR count). The van der Waals surface area contributed by atoms with E-state index >= 15 is 0 Å². The standard InChI is InChI=1S/C15H21F2N/c1-2-8-18-15-5-3-4-11(15)9-12-10-13(16)6-7-14(12)17/h6-7,10-11,15,18H,2-5,8-9H2,1H3. The number of halogens is 2. The van der Waals surface area contributed by atoms with Gasteiger partial charge in [0.05, 0.1) is 0 Å². The van der Waals surface area contributed by atoms with Gasteiger partial charge in [-0.2, -0.15) is 0 Å². The van der Waals surface area contributed by atoms with Crippen LogP contribution in [0.2, 0.25) is 0 Å². The smallest absolute Gasteiger partial charge is 0.126 e. The summed E-state index contributed by atoms with van der Waals surface area (Å²) in [5.74, 6) is -0.187. The molecule has 0 heterocycles. The molecule has 1 fully saturated rings. The van der Waals surface area contributed by atoms with E-state index < -0.39 is 0 Å². The van der Waals surface area contributed by atoms with E-state index in [4.69, 9.17) is 0 Å². The number of rotatable bonds is 5. The summed E-state index contributed by atoms with van der Waals surface area (Å²) >= 11 is 0. The summed E-state index contributed by atoms with van der Waals surface area (Å²) in [4.78, 5) is 0. The average molecular weight is 253 g/mol. The van der Waals surface area contributed by atoms with Gasteiger partial charge in [-0.25, -0.2) is 8.78 Å². The molecule has 3 heteroatoms. The second kappa shape index (κ2) is 6.28. The maximum Gasteiger partial charge on any atom is 0.126 e. The van der Waals surface area contributed by atoms with Crippen molar-refractivity contribution in [3.63, 3.8) is 0 Å². The van der Waals surface area contributed by atoms with Crippen LogP contribution in [0.4, 0.5) is 8.78 Å². The van der Waals surface area contributed by atoms with Gasteiger partial charge < -0.3 is 5.32 Å². The molecule has 1 nitrogen and oxygen atoms in total. The van der Waals surface area contributed by atoms with Crippen LogP contribution in [0.25, 0.3) is 0 Å². The first-order valence-electron chi connectivity index (χ1n) is 6.88. The van der Waals surface area contributed by atoms with Crippen molar-refractivity contribution in [2.75, 3.05) is 6.54 Å². The third kappa shape index (κ3) is 3.29. The highest BCUT2D eigenvalue weighted by atomic mass is 19.1. The fourth-order valence-corrected chi connectivity index (χ4v) is 2.86. The van der Waals surface area contributed by atoms with Crippen LogP contribution >= 0.6 is 0 Å². The minimum absolute atomic E-state index is 0.280. The molecule has 2 unspecified atom stereocenters. The van der Waals surface area contributed by atoms with Gasteiger partial charge >= 0.3 is 0 Å². The molecule has 1 N–H and O–H groups in total. The van der Waals surface area contributed by atoms with E-state index in [-0.39, 0.29) is 11.6 Å². The topological polar surface area (TPSA) is 12.0 Å². The lowest BCUT2D eigenvalue weighted by Gasteiger charge is -2.21. The fourth-order valence-electron chi connectivity index (χ4n) is 2.86. The van der Waals surface area contributed by atoms with Gasteiger partial charge in [-0.15, -0.1) is 0 Å². The summed E-state index contributed by atoms with van der Waals surface area (Å²) in [6.07, 6.45) is 5.20. The van der Waals surface area contributed by atoms with Crippen molar-refractivity contribution in [3.05, 3.63) is 35.4 Å². The van der Waals surface area contributed by atoms with E-state index in [1.165, 1.54) is 24.6 Å². The minimum Gasteiger partial charge on any atom is -0.314 e. The molecule has 0 aliphatic heterocycles. The molecule has 0 amide bonds. The van der Waals surface area contributed by atoms with Crippen LogP contribution in [0.5, 0.6) is 0 Å². The zero-order valence-corrected chi connectivity index (χ0v) is 10.9. The number of hydrogen-bond acceptors (Lipinski definition) is 1. The van der Waals surface area contributed by atoms with E-state index in [9.17, 15) is 8.78 Å². The first kappa shape index (κ1) is 13.5. The van der Waals surface area contributed by atoms with Crippen LogP contribution in [0.3, 0.4) is 0 Å². The Balaban J connectivity index is 2.01. The molecule has 0 bridgehead atoms. The molecule has 1 aliphatic carbocycles. The Labute approximate surface area is 108 Å². The van der Waals surface area contributed by atoms with E-state index in [2.05, 4.69) is 12.2 Å². The van der Waals surface area contributed by atoms with Crippen molar-refractivity contribution in [1.82, 2.24) is 5.32 Å². The zero-order valence-electron chi connectivity index (χ0n) is 10.9. The molecule has 0 aromatic heterocycles. The largest absolute Gasteiger partial charge is 0.314 e. The average Bonchev–Trinajstić information content (AvgIpc) is 2.79. The molecule has 2 atom stereocenters. The van der Waals surface area contributed by atoms with Gasteiger partial charge in [0, 0.05) is 6.04 Å². The van der Waals surface area contributed by atoms with Crippen molar-refractivity contribution in [3.8, 4) is 0 Å². The normalized spacial score (nSPS) is 23.5. The zero-order chi connectivity index (χ0) is 13.0. The minimum atomic E-state index is -0.345. The molecule has 100 valence electrons. The van der Waals surface area contributed by atoms with Gasteiger partial charge in [0.25, 0.3) is 0 Å². The first-order chi connectivity index (χ1) is 8.70. The molecular weight excluding hydrogens is 232 g/mol. The third-order valence-electron chi connectivity index (χ3n) is 3.81. The van der Waals surface area contributed by atoms with Crippen LogP contribution in [0.15, 0.2) is 18.2 Å². The van der Waals surface area contributed by atoms with Crippen molar-refractivity contribution < 1.29 is 8.78 Å². The molecule has 1 aromatic carbocycles. The highest BCUT2D eigenvalue weighted by molar-refractivity contribution is 5.19. The van der Waals surface area contributed by atoms with Crippen LogP contribution in [-0.4, -0.2) is 12.6 Å². The van der Waals surface area contributed by atoms with Gasteiger partial charge in [0.15, 0.2) is 0 Å². The van der Waals surface area contributed by atoms with Crippen molar-refractivity contribution in [1.29, 1.82) is 0 Å². The summed E-state index contributed by atoms with van der Waals surface area (Å²) in [5, 5.41) is 3.52. The molecule has 0 spiro atoms. The van der Waals surface area contributed by atoms with Crippen LogP contribution in [-0.2, 0) is 6.42 Å². The summed E-state index contributed by atoms with van der Waals surface area (Å²) in [7, 11) is 0. The number of benzene rings is 1. The quantitative estimate of drug-likeness (QED) is 0.844. The summed E-state index contributed by atoms with van der Waals surface area (Å²) in [5.41, 5.74) is 0.519. The van der Waals surface area contributed by atoms with Gasteiger partial charge in [-0.05, 0) is 61.9 Å². The molecule has 1 saturated carbocycles. The highest BCUT2D eigenvalue weighted by Gasteiger charge is 2.27. The maximum absolute atomic E-state index is 13.6. The molecule has 0 saturated heterocycles. The van der Waals surface area contributed by atoms with Gasteiger partial charge in [0.1, 0.15) is 11.6 Å². The third-order valence-corrected chi connectivity index (χ3v) is 3.81. The van der Waals surface area contributed by atoms with Gasteiger partial charge in [-0.3, -0.25) is 0 Å². The highest BCUT2D eigenvalue weighted by Crippen LogP contribution is 2.29. The summed E-state index contributed by atoms with van der Waals surface area (Å²) in [6, 6.07) is 4.21. The fraction of sp³-hybridized carbons (Fsp3) is 0.600. The van der Waals surface area contributed by atoms with Crippen molar-refractivity contribution >= 4 is 0 Å². The Bertz CT molecular complexity index is 392. The molecule has 0 radical (unpaired) electrons. The lowest BCUT2D eigenvalue weighted by atomic mass is 9.94. The predicted octanol–water partition coefficient (Wildman–Crippen LogP) is 3.68. The lowest BCUT2D eigenvalue weighted by Crippen LogP contribution is -2.34. The molecule has 18 heavy (non-hydrogen) atoms. The summed E-state index contributed by atoms with van der Waals surface area (Å²) in [6.45, 7) is 3.15. The Morgan fingerprint density at radius 1 is 1.28 bits per heavy atom. The van der Waals surface area contributed by atoms with E-state index in [0.29, 0.717) is 23.9 Å².